The molecule has 2 aliphatic rings. The molecule has 110 valence electrons. The van der Waals surface area contributed by atoms with Crippen molar-refractivity contribution in [1.82, 2.24) is 10.6 Å². The fraction of sp³-hybridized carbons (Fsp3) is 0.615. The van der Waals surface area contributed by atoms with Crippen molar-refractivity contribution in [3.63, 3.8) is 0 Å². The largest absolute Gasteiger partial charge is 0.368 e. The van der Waals surface area contributed by atoms with Crippen LogP contribution in [0.15, 0.2) is 17.6 Å². The van der Waals surface area contributed by atoms with Crippen molar-refractivity contribution < 1.29 is 14.3 Å². The Morgan fingerprint density at radius 3 is 2.75 bits per heavy atom. The van der Waals surface area contributed by atoms with Gasteiger partial charge in [0.05, 0.1) is 24.0 Å². The molecule has 2 N–H and O–H groups in total. The van der Waals surface area contributed by atoms with Crippen LogP contribution in [0.3, 0.4) is 0 Å². The maximum atomic E-state index is 11.4. The number of nitrogens with zero attached hydrogens (tertiary/aromatic N) is 1. The van der Waals surface area contributed by atoms with E-state index >= 15 is 0 Å². The molecule has 7 heteroatoms. The zero-order valence-corrected chi connectivity index (χ0v) is 12.1. The molecule has 1 fully saturated rings. The molecule has 0 aromatic rings. The molecule has 5 atom stereocenters. The summed E-state index contributed by atoms with van der Waals surface area (Å²) in [5.41, 5.74) is -0.209. The number of hydrogen-bond donors (Lipinski definition) is 2. The molecular formula is C13H19N3O3S. The van der Waals surface area contributed by atoms with Crippen molar-refractivity contribution in [2.24, 2.45) is 16.8 Å². The van der Waals surface area contributed by atoms with E-state index in [4.69, 9.17) is 4.74 Å². The van der Waals surface area contributed by atoms with E-state index in [0.717, 1.165) is 17.7 Å². The van der Waals surface area contributed by atoms with Crippen molar-refractivity contribution in [3.8, 4) is 0 Å². The zero-order valence-electron chi connectivity index (χ0n) is 11.3. The number of fused-ring (bicyclic) bond motifs is 1. The summed E-state index contributed by atoms with van der Waals surface area (Å²) in [6.45, 7) is 4.78. The summed E-state index contributed by atoms with van der Waals surface area (Å²) in [6, 6.07) is -0.286. The van der Waals surface area contributed by atoms with Crippen LogP contribution in [0.25, 0.3) is 0 Å². The molecule has 0 spiro atoms. The van der Waals surface area contributed by atoms with Gasteiger partial charge in [-0.25, -0.2) is 0 Å². The van der Waals surface area contributed by atoms with E-state index < -0.39 is 11.8 Å². The number of aliphatic imine (C=N–C) groups is 1. The third kappa shape index (κ3) is 2.94. The van der Waals surface area contributed by atoms with Crippen LogP contribution in [0.4, 0.5) is 0 Å². The van der Waals surface area contributed by atoms with Crippen molar-refractivity contribution in [1.29, 1.82) is 0 Å². The molecule has 2 aliphatic heterocycles. The Balaban J connectivity index is 2.12. The Kier molecular flexibility index (Phi) is 5.33. The summed E-state index contributed by atoms with van der Waals surface area (Å²) in [7, 11) is 1.78. The third-order valence-corrected chi connectivity index (χ3v) is 4.67. The van der Waals surface area contributed by atoms with E-state index in [1.54, 1.807) is 13.1 Å². The van der Waals surface area contributed by atoms with Crippen LogP contribution in [0.1, 0.15) is 0 Å². The Bertz CT molecular complexity index is 416. The second-order valence-electron chi connectivity index (χ2n) is 4.71. The minimum Gasteiger partial charge on any atom is -0.368 e. The lowest BCUT2D eigenvalue weighted by atomic mass is 9.82. The predicted molar refractivity (Wildman–Crippen MR) is 78.7 cm³/mol. The molecule has 6 nitrogen and oxygen atoms in total. The first kappa shape index (κ1) is 15.2. The lowest BCUT2D eigenvalue weighted by Crippen LogP contribution is -2.52. The van der Waals surface area contributed by atoms with Gasteiger partial charge < -0.3 is 25.0 Å². The summed E-state index contributed by atoms with van der Waals surface area (Å²) in [5.74, 6) is -0.897. The normalized spacial score (nSPS) is 35.9. The number of carbonyl (C=O) groups is 2. The van der Waals surface area contributed by atoms with Gasteiger partial charge in [0.15, 0.2) is 5.17 Å². The maximum Gasteiger partial charge on any atom is 0.159 e. The number of ether oxygens (including phenoxy) is 1. The summed E-state index contributed by atoms with van der Waals surface area (Å²) in [6.07, 6.45) is 3.07. The number of thioether (sulfide) groups is 1. The molecule has 0 amide bonds. The first-order valence-electron chi connectivity index (χ1n) is 6.55. The predicted octanol–water partition coefficient (Wildman–Crippen LogP) is -0.192. The van der Waals surface area contributed by atoms with Crippen molar-refractivity contribution in [3.05, 3.63) is 12.7 Å². The smallest absolute Gasteiger partial charge is 0.159 e. The van der Waals surface area contributed by atoms with Gasteiger partial charge in [-0.05, 0) is 0 Å². The van der Waals surface area contributed by atoms with Gasteiger partial charge >= 0.3 is 0 Å². The van der Waals surface area contributed by atoms with Crippen LogP contribution < -0.4 is 10.6 Å². The van der Waals surface area contributed by atoms with Gasteiger partial charge in [0, 0.05) is 20.1 Å². The second-order valence-corrected chi connectivity index (χ2v) is 5.80. The lowest BCUT2D eigenvalue weighted by molar-refractivity contribution is -0.137. The number of nitrogens with one attached hydrogen (secondary N) is 2. The highest BCUT2D eigenvalue weighted by Gasteiger charge is 2.48. The molecular weight excluding hydrogens is 278 g/mol. The van der Waals surface area contributed by atoms with Gasteiger partial charge in [0.1, 0.15) is 18.0 Å². The molecule has 0 radical (unpaired) electrons. The molecule has 0 bridgehead atoms. The van der Waals surface area contributed by atoms with Crippen LogP contribution in [-0.4, -0.2) is 55.5 Å². The average molecular weight is 297 g/mol. The molecule has 2 heterocycles. The lowest BCUT2D eigenvalue weighted by Gasteiger charge is -2.38. The molecule has 0 aliphatic carbocycles. The van der Waals surface area contributed by atoms with E-state index in [9.17, 15) is 9.59 Å². The highest BCUT2D eigenvalue weighted by atomic mass is 32.2. The van der Waals surface area contributed by atoms with Gasteiger partial charge in [-0.1, -0.05) is 17.8 Å². The zero-order chi connectivity index (χ0) is 14.5. The first-order valence-corrected chi connectivity index (χ1v) is 7.43. The average Bonchev–Trinajstić information content (AvgIpc) is 2.88. The van der Waals surface area contributed by atoms with Crippen molar-refractivity contribution >= 4 is 29.5 Å². The quantitative estimate of drug-likeness (QED) is 0.402. The Morgan fingerprint density at radius 1 is 1.40 bits per heavy atom. The van der Waals surface area contributed by atoms with Crippen molar-refractivity contribution in [2.45, 2.75) is 17.6 Å². The van der Waals surface area contributed by atoms with Crippen LogP contribution in [0.5, 0.6) is 0 Å². The van der Waals surface area contributed by atoms with Crippen LogP contribution in [-0.2, 0) is 14.3 Å². The summed E-state index contributed by atoms with van der Waals surface area (Å²) < 4.78 is 5.95. The Morgan fingerprint density at radius 2 is 2.15 bits per heavy atom. The van der Waals surface area contributed by atoms with Crippen LogP contribution in [0, 0.1) is 11.8 Å². The molecule has 2 rings (SSSR count). The second kappa shape index (κ2) is 7.01. The molecule has 0 saturated carbocycles. The monoisotopic (exact) mass is 297 g/mol. The standard InChI is InChI=1S/C13H19N3O3S/c1-3-4-15-5-10-8(6-17)9(7-18)11-12(19-10)20-13(14-2)16-11/h3,6-12,15H,1,4-5H2,2H3,(H,14,16)/t8-,9+,10-,11+,12+/m0/s1. The summed E-state index contributed by atoms with van der Waals surface area (Å²) in [5, 5.41) is 6.85. The van der Waals surface area contributed by atoms with Gasteiger partial charge in [0.25, 0.3) is 0 Å². The van der Waals surface area contributed by atoms with Gasteiger partial charge in [-0.15, -0.1) is 6.58 Å². The minimum atomic E-state index is -0.466. The van der Waals surface area contributed by atoms with Crippen LogP contribution in [0.2, 0.25) is 0 Å². The van der Waals surface area contributed by atoms with E-state index in [-0.39, 0.29) is 17.6 Å². The van der Waals surface area contributed by atoms with E-state index in [0.29, 0.717) is 13.1 Å². The number of carbonyl (C=O) groups excluding carboxylic acids is 2. The maximum absolute atomic E-state index is 11.4. The molecule has 20 heavy (non-hydrogen) atoms. The third-order valence-electron chi connectivity index (χ3n) is 3.51. The SMILES string of the molecule is C=CCNC[C@@H]1O[C@@H]2SC(NC)=N[C@@H]2[C@H](C=O)[C@@H]1C=O. The summed E-state index contributed by atoms with van der Waals surface area (Å²) >= 11 is 1.46. The van der Waals surface area contributed by atoms with E-state index in [1.807, 2.05) is 0 Å². The number of aldehydes is 2. The topological polar surface area (TPSA) is 79.8 Å². The number of hydrogen-bond acceptors (Lipinski definition) is 7. The number of amidine groups is 1. The Hall–Kier alpha value is -1.18. The molecule has 0 unspecified atom stereocenters. The van der Waals surface area contributed by atoms with Gasteiger partial charge in [0.2, 0.25) is 0 Å². The van der Waals surface area contributed by atoms with E-state index in [1.165, 1.54) is 11.8 Å². The van der Waals surface area contributed by atoms with Crippen molar-refractivity contribution in [2.75, 3.05) is 20.1 Å². The Labute approximate surface area is 122 Å². The van der Waals surface area contributed by atoms with E-state index in [2.05, 4.69) is 22.2 Å². The van der Waals surface area contributed by atoms with Crippen LogP contribution >= 0.6 is 11.8 Å². The minimum absolute atomic E-state index is 0.209. The first-order chi connectivity index (χ1) is 9.74. The van der Waals surface area contributed by atoms with Gasteiger partial charge in [-0.3, -0.25) is 4.99 Å². The highest BCUT2D eigenvalue weighted by molar-refractivity contribution is 8.14. The number of rotatable bonds is 6. The molecule has 0 aromatic heterocycles. The fourth-order valence-corrected chi connectivity index (χ4v) is 3.61. The molecule has 1 saturated heterocycles. The molecule has 0 aromatic carbocycles. The van der Waals surface area contributed by atoms with Gasteiger partial charge in [-0.2, -0.15) is 0 Å². The highest BCUT2D eigenvalue weighted by Crippen LogP contribution is 2.40. The fourth-order valence-electron chi connectivity index (χ4n) is 2.51. The summed E-state index contributed by atoms with van der Waals surface area (Å²) in [4.78, 5) is 27.2.